The highest BCUT2D eigenvalue weighted by atomic mass is 79.9. The lowest BCUT2D eigenvalue weighted by atomic mass is 10.3. The fourth-order valence-electron chi connectivity index (χ4n) is 0.399. The SMILES string of the molecule is O=S(=O)(O)CCC(F)(F)C(F)(F)Br. The second-order valence-electron chi connectivity index (χ2n) is 2.24. The number of hydrogen-bond acceptors (Lipinski definition) is 2. The lowest BCUT2D eigenvalue weighted by Gasteiger charge is -2.20. The second kappa shape index (κ2) is 3.70. The zero-order valence-corrected chi connectivity index (χ0v) is 8.38. The average molecular weight is 289 g/mol. The molecule has 1 N–H and O–H groups in total. The number of rotatable bonds is 4. The quantitative estimate of drug-likeness (QED) is 0.488. The van der Waals surface area contributed by atoms with Crippen LogP contribution in [0.1, 0.15) is 6.42 Å². The molecule has 0 spiro atoms. The highest BCUT2D eigenvalue weighted by Gasteiger charge is 2.54. The predicted octanol–water partition coefficient (Wildman–Crippen LogP) is 1.89. The molecule has 80 valence electrons. The molecule has 0 aliphatic heterocycles. The van der Waals surface area contributed by atoms with Crippen molar-refractivity contribution >= 4 is 26.0 Å². The van der Waals surface area contributed by atoms with E-state index in [0.717, 1.165) is 0 Å². The molecule has 0 aromatic carbocycles. The van der Waals surface area contributed by atoms with Gasteiger partial charge in [0.15, 0.2) is 0 Å². The van der Waals surface area contributed by atoms with E-state index in [-0.39, 0.29) is 0 Å². The third kappa shape index (κ3) is 4.77. The Kier molecular flexibility index (Phi) is 3.73. The number of hydrogen-bond donors (Lipinski definition) is 1. The predicted molar refractivity (Wildman–Crippen MR) is 39.9 cm³/mol. The van der Waals surface area contributed by atoms with Crippen LogP contribution in [0.15, 0.2) is 0 Å². The summed E-state index contributed by atoms with van der Waals surface area (Å²) in [6.45, 7) is 0. The van der Waals surface area contributed by atoms with Crippen LogP contribution in [0.25, 0.3) is 0 Å². The maximum atomic E-state index is 12.3. The average Bonchev–Trinajstić information content (AvgIpc) is 1.79. The molecule has 0 aromatic rings. The van der Waals surface area contributed by atoms with Gasteiger partial charge < -0.3 is 0 Å². The molecule has 0 aliphatic rings. The zero-order valence-electron chi connectivity index (χ0n) is 5.98. The Bertz CT molecular complexity index is 270. The summed E-state index contributed by atoms with van der Waals surface area (Å²) in [5.74, 6) is -5.93. The van der Waals surface area contributed by atoms with Gasteiger partial charge in [-0.15, -0.1) is 0 Å². The molecular formula is C4H5BrF4O3S. The summed E-state index contributed by atoms with van der Waals surface area (Å²) in [7, 11) is -4.65. The van der Waals surface area contributed by atoms with Gasteiger partial charge in [-0.25, -0.2) is 0 Å². The summed E-state index contributed by atoms with van der Waals surface area (Å²) in [5, 5.41) is 0. The van der Waals surface area contributed by atoms with Gasteiger partial charge in [-0.2, -0.15) is 26.0 Å². The van der Waals surface area contributed by atoms with Crippen molar-refractivity contribution in [2.75, 3.05) is 5.75 Å². The number of alkyl halides is 5. The van der Waals surface area contributed by atoms with E-state index in [1.54, 1.807) is 0 Å². The van der Waals surface area contributed by atoms with Gasteiger partial charge in [0, 0.05) is 6.42 Å². The van der Waals surface area contributed by atoms with Gasteiger partial charge in [0.05, 0.1) is 5.75 Å². The molecule has 0 amide bonds. The minimum Gasteiger partial charge on any atom is -0.286 e. The number of halogens is 5. The molecule has 0 rings (SSSR count). The van der Waals surface area contributed by atoms with Gasteiger partial charge in [-0.05, 0) is 15.9 Å². The molecule has 0 aromatic heterocycles. The molecular weight excluding hydrogens is 284 g/mol. The van der Waals surface area contributed by atoms with Gasteiger partial charge in [0.1, 0.15) is 0 Å². The standard InChI is InChI=1S/C4H5BrF4O3S/c5-4(8,9)3(6,7)1-2-13(10,11)12/h1-2H2,(H,10,11,12). The maximum absolute atomic E-state index is 12.3. The second-order valence-corrected chi connectivity index (χ2v) is 4.81. The Labute approximate surface area is 80.0 Å². The van der Waals surface area contributed by atoms with Gasteiger partial charge in [0.2, 0.25) is 0 Å². The van der Waals surface area contributed by atoms with E-state index >= 15 is 0 Å². The van der Waals surface area contributed by atoms with E-state index in [1.165, 1.54) is 15.9 Å². The van der Waals surface area contributed by atoms with Crippen LogP contribution in [-0.2, 0) is 10.1 Å². The minimum absolute atomic E-state index is 1.41. The Balaban J connectivity index is 4.38. The summed E-state index contributed by atoms with van der Waals surface area (Å²) in [4.78, 5) is -4.48. The van der Waals surface area contributed by atoms with Crippen molar-refractivity contribution in [1.29, 1.82) is 0 Å². The molecule has 0 radical (unpaired) electrons. The third-order valence-electron chi connectivity index (χ3n) is 1.09. The van der Waals surface area contributed by atoms with E-state index in [1.807, 2.05) is 0 Å². The molecule has 0 saturated carbocycles. The summed E-state index contributed by atoms with van der Waals surface area (Å²) in [6.07, 6.45) is -1.65. The molecule has 3 nitrogen and oxygen atoms in total. The van der Waals surface area contributed by atoms with Crippen LogP contribution in [0.3, 0.4) is 0 Å². The summed E-state index contributed by atoms with van der Waals surface area (Å²) < 4.78 is 76.5. The smallest absolute Gasteiger partial charge is 0.286 e. The van der Waals surface area contributed by atoms with Crippen LogP contribution in [-0.4, -0.2) is 29.5 Å². The van der Waals surface area contributed by atoms with Crippen LogP contribution in [0.4, 0.5) is 17.6 Å². The summed E-state index contributed by atoms with van der Waals surface area (Å²) >= 11 is 1.41. The van der Waals surface area contributed by atoms with Crippen LogP contribution in [0, 0.1) is 0 Å². The van der Waals surface area contributed by atoms with Gasteiger partial charge in [-0.1, -0.05) is 0 Å². The van der Waals surface area contributed by atoms with Crippen molar-refractivity contribution in [3.63, 3.8) is 0 Å². The molecule has 9 heteroatoms. The lowest BCUT2D eigenvalue weighted by molar-refractivity contribution is -0.147. The first-order chi connectivity index (χ1) is 5.46. The first kappa shape index (κ1) is 13.1. The third-order valence-corrected chi connectivity index (χ3v) is 2.39. The van der Waals surface area contributed by atoms with Crippen molar-refractivity contribution in [2.24, 2.45) is 0 Å². The van der Waals surface area contributed by atoms with E-state index < -0.39 is 33.0 Å². The van der Waals surface area contributed by atoms with Gasteiger partial charge in [-0.3, -0.25) is 4.55 Å². The molecule has 0 aliphatic carbocycles. The van der Waals surface area contributed by atoms with Crippen molar-refractivity contribution in [3.05, 3.63) is 0 Å². The Morgan fingerprint density at radius 2 is 1.62 bits per heavy atom. The first-order valence-electron chi connectivity index (χ1n) is 2.85. The summed E-state index contributed by atoms with van der Waals surface area (Å²) in [6, 6.07) is 0. The largest absolute Gasteiger partial charge is 0.363 e. The van der Waals surface area contributed by atoms with E-state index in [4.69, 9.17) is 4.55 Å². The van der Waals surface area contributed by atoms with Crippen LogP contribution < -0.4 is 0 Å². The molecule has 0 unspecified atom stereocenters. The minimum atomic E-state index is -4.65. The fourth-order valence-corrected chi connectivity index (χ4v) is 1.11. The molecule has 0 atom stereocenters. The normalized spacial score (nSPS) is 14.6. The molecule has 13 heavy (non-hydrogen) atoms. The Morgan fingerprint density at radius 3 is 1.85 bits per heavy atom. The topological polar surface area (TPSA) is 54.4 Å². The molecule has 0 saturated heterocycles. The van der Waals surface area contributed by atoms with E-state index in [9.17, 15) is 26.0 Å². The van der Waals surface area contributed by atoms with Crippen molar-refractivity contribution in [3.8, 4) is 0 Å². The monoisotopic (exact) mass is 288 g/mol. The van der Waals surface area contributed by atoms with Gasteiger partial charge >= 0.3 is 10.8 Å². The first-order valence-corrected chi connectivity index (χ1v) is 5.26. The van der Waals surface area contributed by atoms with Crippen LogP contribution >= 0.6 is 15.9 Å². The molecule has 0 fully saturated rings. The van der Waals surface area contributed by atoms with Crippen molar-refractivity contribution in [2.45, 2.75) is 17.2 Å². The van der Waals surface area contributed by atoms with Crippen LogP contribution in [0.5, 0.6) is 0 Å². The lowest BCUT2D eigenvalue weighted by Crippen LogP contribution is -2.36. The van der Waals surface area contributed by atoms with E-state index in [0.29, 0.717) is 0 Å². The highest BCUT2D eigenvalue weighted by molar-refractivity contribution is 9.10. The van der Waals surface area contributed by atoms with E-state index in [2.05, 4.69) is 0 Å². The van der Waals surface area contributed by atoms with Crippen molar-refractivity contribution in [1.82, 2.24) is 0 Å². The van der Waals surface area contributed by atoms with Crippen LogP contribution in [0.2, 0.25) is 0 Å². The summed E-state index contributed by atoms with van der Waals surface area (Å²) in [5.41, 5.74) is 0. The Hall–Kier alpha value is 0.110. The van der Waals surface area contributed by atoms with Gasteiger partial charge in [0.25, 0.3) is 10.1 Å². The molecule has 0 bridgehead atoms. The highest BCUT2D eigenvalue weighted by Crippen LogP contribution is 2.41. The van der Waals surface area contributed by atoms with Crippen molar-refractivity contribution < 1.29 is 30.5 Å². The maximum Gasteiger partial charge on any atom is 0.363 e. The Morgan fingerprint density at radius 1 is 1.23 bits per heavy atom. The zero-order chi connectivity index (χ0) is 10.9. The molecule has 0 heterocycles. The fraction of sp³-hybridized carbons (Fsp3) is 1.00.